The number of nitrogens with two attached hydrogens (primary N) is 1. The summed E-state index contributed by atoms with van der Waals surface area (Å²) < 4.78 is 1.24. The van der Waals surface area contributed by atoms with Crippen molar-refractivity contribution in [3.05, 3.63) is 41.9 Å². The van der Waals surface area contributed by atoms with E-state index in [1.807, 2.05) is 12.1 Å². The van der Waals surface area contributed by atoms with E-state index in [1.54, 1.807) is 17.5 Å². The molecule has 0 saturated heterocycles. The Labute approximate surface area is 96.6 Å². The maximum atomic E-state index is 5.60. The maximum absolute atomic E-state index is 5.60. The molecular formula is C12H9N3S. The lowest BCUT2D eigenvalue weighted by atomic mass is 10.1. The van der Waals surface area contributed by atoms with E-state index in [-0.39, 0.29) is 0 Å². The van der Waals surface area contributed by atoms with Crippen molar-refractivity contribution in [2.24, 2.45) is 0 Å². The third-order valence-electron chi connectivity index (χ3n) is 2.43. The van der Waals surface area contributed by atoms with Crippen molar-refractivity contribution in [1.82, 2.24) is 9.97 Å². The summed E-state index contributed by atoms with van der Waals surface area (Å²) in [5.74, 6) is 0.311. The van der Waals surface area contributed by atoms with Crippen molar-refractivity contribution in [2.75, 3.05) is 5.73 Å². The number of fused-ring (bicyclic) bond motifs is 1. The van der Waals surface area contributed by atoms with Crippen LogP contribution in [0, 0.1) is 0 Å². The van der Waals surface area contributed by atoms with Gasteiger partial charge in [0.05, 0.1) is 5.69 Å². The monoisotopic (exact) mass is 227 g/mol. The lowest BCUT2D eigenvalue weighted by Gasteiger charge is -2.02. The van der Waals surface area contributed by atoms with Gasteiger partial charge >= 0.3 is 0 Å². The Morgan fingerprint density at radius 1 is 1.12 bits per heavy atom. The molecule has 2 N–H and O–H groups in total. The fourth-order valence-electron chi connectivity index (χ4n) is 1.72. The topological polar surface area (TPSA) is 51.8 Å². The Hall–Kier alpha value is -1.94. The van der Waals surface area contributed by atoms with Gasteiger partial charge in [0.1, 0.15) is 0 Å². The first-order valence-electron chi connectivity index (χ1n) is 4.90. The molecular weight excluding hydrogens is 218 g/mol. The zero-order valence-electron chi connectivity index (χ0n) is 8.42. The largest absolute Gasteiger partial charge is 0.368 e. The summed E-state index contributed by atoms with van der Waals surface area (Å²) in [6.45, 7) is 0. The third-order valence-corrected chi connectivity index (χ3v) is 3.39. The maximum Gasteiger partial charge on any atom is 0.220 e. The quantitative estimate of drug-likeness (QED) is 0.695. The molecule has 0 unspecified atom stereocenters. The number of benzene rings is 1. The number of rotatable bonds is 1. The van der Waals surface area contributed by atoms with Crippen molar-refractivity contribution in [3.63, 3.8) is 0 Å². The van der Waals surface area contributed by atoms with Gasteiger partial charge in [-0.3, -0.25) is 0 Å². The van der Waals surface area contributed by atoms with Gasteiger partial charge in [-0.1, -0.05) is 18.2 Å². The van der Waals surface area contributed by atoms with E-state index in [0.29, 0.717) is 5.95 Å². The van der Waals surface area contributed by atoms with Crippen LogP contribution in [0.5, 0.6) is 0 Å². The Kier molecular flexibility index (Phi) is 2.08. The summed E-state index contributed by atoms with van der Waals surface area (Å²) in [5, 5.41) is 3.32. The van der Waals surface area contributed by atoms with Crippen LogP contribution in [0.15, 0.2) is 41.9 Å². The molecule has 3 rings (SSSR count). The molecule has 0 saturated carbocycles. The number of hydrogen-bond donors (Lipinski definition) is 1. The summed E-state index contributed by atoms with van der Waals surface area (Å²) in [4.78, 5) is 8.15. The SMILES string of the molecule is Nc1nccc(-c2cccc3ccsc23)n1. The van der Waals surface area contributed by atoms with Crippen molar-refractivity contribution < 1.29 is 0 Å². The average Bonchev–Trinajstić information content (AvgIpc) is 2.76. The highest BCUT2D eigenvalue weighted by atomic mass is 32.1. The van der Waals surface area contributed by atoms with Gasteiger partial charge in [-0.2, -0.15) is 0 Å². The van der Waals surface area contributed by atoms with Gasteiger partial charge in [0.2, 0.25) is 5.95 Å². The molecule has 0 aliphatic rings. The second-order valence-corrected chi connectivity index (χ2v) is 4.36. The first kappa shape index (κ1) is 9.30. The fourth-order valence-corrected chi connectivity index (χ4v) is 2.64. The minimum absolute atomic E-state index is 0.311. The minimum atomic E-state index is 0.311. The van der Waals surface area contributed by atoms with Crippen LogP contribution in [-0.2, 0) is 0 Å². The van der Waals surface area contributed by atoms with E-state index in [2.05, 4.69) is 33.5 Å². The van der Waals surface area contributed by atoms with Gasteiger partial charge in [0, 0.05) is 16.5 Å². The molecule has 2 aromatic heterocycles. The molecule has 0 fully saturated rings. The van der Waals surface area contributed by atoms with Crippen LogP contribution < -0.4 is 5.73 Å². The van der Waals surface area contributed by atoms with E-state index in [1.165, 1.54) is 10.1 Å². The molecule has 0 spiro atoms. The van der Waals surface area contributed by atoms with Gasteiger partial charge in [-0.15, -0.1) is 11.3 Å². The molecule has 1 aromatic carbocycles. The van der Waals surface area contributed by atoms with Crippen LogP contribution in [0.2, 0.25) is 0 Å². The highest BCUT2D eigenvalue weighted by Crippen LogP contribution is 2.31. The molecule has 2 heterocycles. The molecule has 0 bridgehead atoms. The summed E-state index contributed by atoms with van der Waals surface area (Å²) in [5.41, 5.74) is 7.58. The number of anilines is 1. The molecule has 0 radical (unpaired) electrons. The Morgan fingerprint density at radius 3 is 2.94 bits per heavy atom. The Balaban J connectivity index is 2.29. The van der Waals surface area contributed by atoms with Crippen LogP contribution in [-0.4, -0.2) is 9.97 Å². The van der Waals surface area contributed by atoms with Crippen LogP contribution in [0.25, 0.3) is 21.3 Å². The van der Waals surface area contributed by atoms with Crippen LogP contribution in [0.3, 0.4) is 0 Å². The van der Waals surface area contributed by atoms with E-state index in [4.69, 9.17) is 5.73 Å². The average molecular weight is 227 g/mol. The van der Waals surface area contributed by atoms with Crippen LogP contribution in [0.4, 0.5) is 5.95 Å². The van der Waals surface area contributed by atoms with Crippen molar-refractivity contribution >= 4 is 27.4 Å². The Bertz CT molecular complexity index is 645. The highest BCUT2D eigenvalue weighted by molar-refractivity contribution is 7.17. The van der Waals surface area contributed by atoms with Crippen molar-refractivity contribution in [3.8, 4) is 11.3 Å². The van der Waals surface area contributed by atoms with Crippen molar-refractivity contribution in [1.29, 1.82) is 0 Å². The van der Waals surface area contributed by atoms with E-state index in [0.717, 1.165) is 11.3 Å². The molecule has 0 amide bonds. The van der Waals surface area contributed by atoms with Crippen LogP contribution >= 0.6 is 11.3 Å². The lowest BCUT2D eigenvalue weighted by Crippen LogP contribution is -1.94. The number of aromatic nitrogens is 2. The first-order chi connectivity index (χ1) is 7.84. The van der Waals surface area contributed by atoms with E-state index in [9.17, 15) is 0 Å². The van der Waals surface area contributed by atoms with Gasteiger partial charge in [-0.25, -0.2) is 9.97 Å². The highest BCUT2D eigenvalue weighted by Gasteiger charge is 2.06. The summed E-state index contributed by atoms with van der Waals surface area (Å²) in [7, 11) is 0. The molecule has 0 atom stereocenters. The number of nitrogens with zero attached hydrogens (tertiary/aromatic N) is 2. The predicted molar refractivity (Wildman–Crippen MR) is 67.3 cm³/mol. The molecule has 4 heteroatoms. The lowest BCUT2D eigenvalue weighted by molar-refractivity contribution is 1.19. The summed E-state index contributed by atoms with van der Waals surface area (Å²) in [6, 6.07) is 10.2. The number of thiophene rings is 1. The normalized spacial score (nSPS) is 10.8. The van der Waals surface area contributed by atoms with Gasteiger partial charge in [0.15, 0.2) is 0 Å². The molecule has 0 aliphatic carbocycles. The van der Waals surface area contributed by atoms with Gasteiger partial charge in [-0.05, 0) is 22.9 Å². The third kappa shape index (κ3) is 1.44. The molecule has 3 nitrogen and oxygen atoms in total. The van der Waals surface area contributed by atoms with Crippen LogP contribution in [0.1, 0.15) is 0 Å². The smallest absolute Gasteiger partial charge is 0.220 e. The predicted octanol–water partition coefficient (Wildman–Crippen LogP) is 2.94. The standard InChI is InChI=1S/C12H9N3S/c13-12-14-6-4-10(15-12)9-3-1-2-8-5-7-16-11(8)9/h1-7H,(H2,13,14,15). The number of hydrogen-bond acceptors (Lipinski definition) is 4. The summed E-state index contributed by atoms with van der Waals surface area (Å²) in [6.07, 6.45) is 1.68. The van der Waals surface area contributed by atoms with E-state index < -0.39 is 0 Å². The zero-order valence-corrected chi connectivity index (χ0v) is 9.24. The molecule has 16 heavy (non-hydrogen) atoms. The molecule has 3 aromatic rings. The number of nitrogen functional groups attached to an aromatic ring is 1. The Morgan fingerprint density at radius 2 is 2.06 bits per heavy atom. The second-order valence-electron chi connectivity index (χ2n) is 3.44. The van der Waals surface area contributed by atoms with Gasteiger partial charge in [0.25, 0.3) is 0 Å². The molecule has 78 valence electrons. The van der Waals surface area contributed by atoms with E-state index >= 15 is 0 Å². The summed E-state index contributed by atoms with van der Waals surface area (Å²) >= 11 is 1.71. The molecule has 0 aliphatic heterocycles. The first-order valence-corrected chi connectivity index (χ1v) is 5.78. The second kappa shape index (κ2) is 3.57. The zero-order chi connectivity index (χ0) is 11.0. The fraction of sp³-hybridized carbons (Fsp3) is 0. The minimum Gasteiger partial charge on any atom is -0.368 e. The van der Waals surface area contributed by atoms with Gasteiger partial charge < -0.3 is 5.73 Å². The van der Waals surface area contributed by atoms with Crippen molar-refractivity contribution in [2.45, 2.75) is 0 Å².